The molecule has 2 rings (SSSR count). The molecule has 0 radical (unpaired) electrons. The number of carbonyl (C=O) groups excluding carboxylic acids is 1. The molecule has 1 aromatic rings. The van der Waals surface area contributed by atoms with E-state index in [4.69, 9.17) is 0 Å². The quantitative estimate of drug-likeness (QED) is 0.841. The highest BCUT2D eigenvalue weighted by Crippen LogP contribution is 2.07. The van der Waals surface area contributed by atoms with Crippen molar-refractivity contribution in [3.8, 4) is 0 Å². The molecule has 0 saturated carbocycles. The molecule has 0 bridgehead atoms. The lowest BCUT2D eigenvalue weighted by Gasteiger charge is -2.33. The number of nitrogens with one attached hydrogen (secondary N) is 2. The van der Waals surface area contributed by atoms with Crippen molar-refractivity contribution in [3.63, 3.8) is 0 Å². The number of nitrogens with zero attached hydrogens (tertiary/aromatic N) is 1. The molecule has 1 atom stereocenters. The molecule has 1 heterocycles. The third-order valence-corrected chi connectivity index (χ3v) is 3.96. The van der Waals surface area contributed by atoms with Crippen LogP contribution in [0, 0.1) is 6.92 Å². The van der Waals surface area contributed by atoms with Crippen LogP contribution in [0.2, 0.25) is 0 Å². The molecule has 1 saturated heterocycles. The van der Waals surface area contributed by atoms with E-state index in [1.54, 1.807) is 0 Å². The van der Waals surface area contributed by atoms with E-state index in [0.29, 0.717) is 19.1 Å². The summed E-state index contributed by atoms with van der Waals surface area (Å²) >= 11 is 0. The molecule has 1 fully saturated rings. The van der Waals surface area contributed by atoms with Crippen LogP contribution in [0.3, 0.4) is 0 Å². The minimum absolute atomic E-state index is 0.132. The lowest BCUT2D eigenvalue weighted by Crippen LogP contribution is -2.52. The molecule has 1 aliphatic rings. The average Bonchev–Trinajstić information content (AvgIpc) is 2.43. The van der Waals surface area contributed by atoms with Crippen molar-refractivity contribution in [2.45, 2.75) is 26.3 Å². The lowest BCUT2D eigenvalue weighted by molar-refractivity contribution is -0.122. The Hall–Kier alpha value is -1.39. The average molecular weight is 275 g/mol. The summed E-state index contributed by atoms with van der Waals surface area (Å²) in [6, 6.07) is 8.76. The SMILES string of the molecule is Cc1ccccc1CCNC(=O)CN1CCNC[C@H]1C. The third-order valence-electron chi connectivity index (χ3n) is 3.96. The van der Waals surface area contributed by atoms with Crippen molar-refractivity contribution < 1.29 is 4.79 Å². The molecule has 20 heavy (non-hydrogen) atoms. The summed E-state index contributed by atoms with van der Waals surface area (Å²) in [5, 5.41) is 6.36. The second kappa shape index (κ2) is 7.41. The van der Waals surface area contributed by atoms with Crippen LogP contribution in [0.15, 0.2) is 24.3 Å². The standard InChI is InChI=1S/C16H25N3O/c1-13-5-3-4-6-15(13)7-8-18-16(20)12-19-10-9-17-11-14(19)2/h3-6,14,17H,7-12H2,1-2H3,(H,18,20)/t14-/m1/s1. The fourth-order valence-electron chi connectivity index (χ4n) is 2.59. The Morgan fingerprint density at radius 1 is 1.45 bits per heavy atom. The van der Waals surface area contributed by atoms with E-state index >= 15 is 0 Å². The van der Waals surface area contributed by atoms with Crippen LogP contribution in [-0.2, 0) is 11.2 Å². The smallest absolute Gasteiger partial charge is 0.234 e. The zero-order chi connectivity index (χ0) is 14.4. The molecule has 4 nitrogen and oxygen atoms in total. The van der Waals surface area contributed by atoms with Gasteiger partial charge in [0.15, 0.2) is 0 Å². The molecule has 2 N–H and O–H groups in total. The number of rotatable bonds is 5. The monoisotopic (exact) mass is 275 g/mol. The largest absolute Gasteiger partial charge is 0.355 e. The van der Waals surface area contributed by atoms with Crippen molar-refractivity contribution in [1.29, 1.82) is 0 Å². The first-order valence-corrected chi connectivity index (χ1v) is 7.43. The Labute approximate surface area is 121 Å². The van der Waals surface area contributed by atoms with Gasteiger partial charge in [-0.3, -0.25) is 9.69 Å². The van der Waals surface area contributed by atoms with E-state index in [-0.39, 0.29) is 5.91 Å². The summed E-state index contributed by atoms with van der Waals surface area (Å²) in [6.45, 7) is 8.39. The van der Waals surface area contributed by atoms with Gasteiger partial charge in [-0.2, -0.15) is 0 Å². The molecule has 110 valence electrons. The number of benzene rings is 1. The number of aryl methyl sites for hydroxylation is 1. The van der Waals surface area contributed by atoms with Crippen molar-refractivity contribution in [1.82, 2.24) is 15.5 Å². The minimum atomic E-state index is 0.132. The van der Waals surface area contributed by atoms with Gasteiger partial charge >= 0.3 is 0 Å². The molecule has 0 aliphatic carbocycles. The molecular weight excluding hydrogens is 250 g/mol. The van der Waals surface area contributed by atoms with Crippen LogP contribution in [0.4, 0.5) is 0 Å². The second-order valence-corrected chi connectivity index (χ2v) is 5.55. The number of piperazine rings is 1. The van der Waals surface area contributed by atoms with E-state index in [2.05, 4.69) is 41.5 Å². The maximum Gasteiger partial charge on any atom is 0.234 e. The van der Waals surface area contributed by atoms with Gasteiger partial charge in [-0.15, -0.1) is 0 Å². The first-order chi connectivity index (χ1) is 9.66. The first kappa shape index (κ1) is 15.0. The highest BCUT2D eigenvalue weighted by molar-refractivity contribution is 5.78. The summed E-state index contributed by atoms with van der Waals surface area (Å²) in [5.41, 5.74) is 2.60. The maximum atomic E-state index is 12.0. The zero-order valence-corrected chi connectivity index (χ0v) is 12.5. The van der Waals surface area contributed by atoms with Gasteiger partial charge in [0.2, 0.25) is 5.91 Å². The Morgan fingerprint density at radius 3 is 3.00 bits per heavy atom. The van der Waals surface area contributed by atoms with E-state index < -0.39 is 0 Å². The zero-order valence-electron chi connectivity index (χ0n) is 12.5. The third kappa shape index (κ3) is 4.32. The van der Waals surface area contributed by atoms with E-state index in [1.165, 1.54) is 11.1 Å². The van der Waals surface area contributed by atoms with Gasteiger partial charge in [-0.05, 0) is 31.4 Å². The van der Waals surface area contributed by atoms with Crippen LogP contribution in [-0.4, -0.2) is 49.6 Å². The van der Waals surface area contributed by atoms with Gasteiger partial charge in [-0.1, -0.05) is 24.3 Å². The topological polar surface area (TPSA) is 44.4 Å². The van der Waals surface area contributed by atoms with Gasteiger partial charge in [0, 0.05) is 32.2 Å². The van der Waals surface area contributed by atoms with Crippen molar-refractivity contribution in [2.24, 2.45) is 0 Å². The number of amides is 1. The van der Waals surface area contributed by atoms with Crippen LogP contribution in [0.25, 0.3) is 0 Å². The molecule has 0 spiro atoms. The molecule has 1 aromatic carbocycles. The van der Waals surface area contributed by atoms with Crippen LogP contribution in [0.5, 0.6) is 0 Å². The van der Waals surface area contributed by atoms with Gasteiger partial charge < -0.3 is 10.6 Å². The van der Waals surface area contributed by atoms with E-state index in [9.17, 15) is 4.79 Å². The Balaban J connectivity index is 1.71. The van der Waals surface area contributed by atoms with Crippen LogP contribution < -0.4 is 10.6 Å². The second-order valence-electron chi connectivity index (χ2n) is 5.55. The van der Waals surface area contributed by atoms with Gasteiger partial charge in [0.05, 0.1) is 6.54 Å². The lowest BCUT2D eigenvalue weighted by atomic mass is 10.1. The maximum absolute atomic E-state index is 12.0. The van der Waals surface area contributed by atoms with Gasteiger partial charge in [0.25, 0.3) is 0 Å². The molecule has 0 unspecified atom stereocenters. The number of hydrogen-bond donors (Lipinski definition) is 2. The van der Waals surface area contributed by atoms with Crippen LogP contribution >= 0.6 is 0 Å². The van der Waals surface area contributed by atoms with Crippen molar-refractivity contribution in [2.75, 3.05) is 32.7 Å². The fourth-order valence-corrected chi connectivity index (χ4v) is 2.59. The van der Waals surface area contributed by atoms with Crippen molar-refractivity contribution >= 4 is 5.91 Å². The Kier molecular flexibility index (Phi) is 5.56. The predicted molar refractivity (Wildman–Crippen MR) is 81.8 cm³/mol. The van der Waals surface area contributed by atoms with Crippen LogP contribution in [0.1, 0.15) is 18.1 Å². The Morgan fingerprint density at radius 2 is 2.25 bits per heavy atom. The summed E-state index contributed by atoms with van der Waals surface area (Å²) in [6.07, 6.45) is 0.898. The van der Waals surface area contributed by atoms with Gasteiger partial charge in [-0.25, -0.2) is 0 Å². The molecular formula is C16H25N3O. The highest BCUT2D eigenvalue weighted by Gasteiger charge is 2.19. The molecule has 1 aliphatic heterocycles. The van der Waals surface area contributed by atoms with E-state index in [1.807, 2.05) is 12.1 Å². The van der Waals surface area contributed by atoms with E-state index in [0.717, 1.165) is 26.1 Å². The predicted octanol–water partition coefficient (Wildman–Crippen LogP) is 0.947. The highest BCUT2D eigenvalue weighted by atomic mass is 16.2. The number of hydrogen-bond acceptors (Lipinski definition) is 3. The molecule has 0 aromatic heterocycles. The fraction of sp³-hybridized carbons (Fsp3) is 0.562. The number of carbonyl (C=O) groups is 1. The first-order valence-electron chi connectivity index (χ1n) is 7.43. The molecule has 1 amide bonds. The molecule has 4 heteroatoms. The summed E-state index contributed by atoms with van der Waals surface area (Å²) in [7, 11) is 0. The summed E-state index contributed by atoms with van der Waals surface area (Å²) in [5.74, 6) is 0.132. The van der Waals surface area contributed by atoms with Crippen molar-refractivity contribution in [3.05, 3.63) is 35.4 Å². The Bertz CT molecular complexity index is 447. The summed E-state index contributed by atoms with van der Waals surface area (Å²) in [4.78, 5) is 14.2. The van der Waals surface area contributed by atoms with Gasteiger partial charge in [0.1, 0.15) is 0 Å². The normalized spacial score (nSPS) is 19.8. The summed E-state index contributed by atoms with van der Waals surface area (Å²) < 4.78 is 0. The minimum Gasteiger partial charge on any atom is -0.355 e.